The Morgan fingerprint density at radius 1 is 1.60 bits per heavy atom. The van der Waals surface area contributed by atoms with Gasteiger partial charge in [0.1, 0.15) is 9.09 Å². The Hall–Kier alpha value is -1.08. The van der Waals surface area contributed by atoms with Crippen molar-refractivity contribution in [1.82, 2.24) is 0 Å². The van der Waals surface area contributed by atoms with Crippen LogP contribution in [0.5, 0.6) is 0 Å². The molecule has 0 aliphatic carbocycles. The standard InChI is InChI=1S/C8H9NO4S2/c1-9-2-3-15(12,13)8-5(9)4-6(14-8)7(10)11/h4H,2-3H2,1H3,(H,10,11). The van der Waals surface area contributed by atoms with Crippen LogP contribution < -0.4 is 4.90 Å². The van der Waals surface area contributed by atoms with Gasteiger partial charge in [-0.1, -0.05) is 0 Å². The van der Waals surface area contributed by atoms with Gasteiger partial charge >= 0.3 is 5.97 Å². The van der Waals surface area contributed by atoms with Gasteiger partial charge in [-0.3, -0.25) is 0 Å². The fraction of sp³-hybridized carbons (Fsp3) is 0.375. The summed E-state index contributed by atoms with van der Waals surface area (Å²) in [6.45, 7) is 0.408. The molecule has 2 heterocycles. The Kier molecular flexibility index (Phi) is 2.23. The number of hydrogen-bond acceptors (Lipinski definition) is 5. The number of nitrogens with zero attached hydrogens (tertiary/aromatic N) is 1. The normalized spacial score (nSPS) is 18.6. The van der Waals surface area contributed by atoms with E-state index in [4.69, 9.17) is 5.11 Å². The molecule has 5 nitrogen and oxygen atoms in total. The molecule has 82 valence electrons. The second kappa shape index (κ2) is 3.21. The number of carboxylic acids is 1. The summed E-state index contributed by atoms with van der Waals surface area (Å²) in [4.78, 5) is 12.6. The monoisotopic (exact) mass is 247 g/mol. The number of carbonyl (C=O) groups is 1. The largest absolute Gasteiger partial charge is 0.477 e. The molecule has 1 N–H and O–H groups in total. The summed E-state index contributed by atoms with van der Waals surface area (Å²) >= 11 is 0.825. The average Bonchev–Trinajstić information content (AvgIpc) is 2.58. The van der Waals surface area contributed by atoms with Crippen molar-refractivity contribution in [2.75, 3.05) is 24.2 Å². The molecule has 2 rings (SSSR count). The molecular formula is C8H9NO4S2. The minimum Gasteiger partial charge on any atom is -0.477 e. The molecule has 0 bridgehead atoms. The van der Waals surface area contributed by atoms with Gasteiger partial charge in [0.2, 0.25) is 0 Å². The molecule has 0 amide bonds. The van der Waals surface area contributed by atoms with Gasteiger partial charge in [0, 0.05) is 13.6 Å². The van der Waals surface area contributed by atoms with Crippen LogP contribution in [0.2, 0.25) is 0 Å². The zero-order chi connectivity index (χ0) is 11.2. The highest BCUT2D eigenvalue weighted by Crippen LogP contribution is 2.37. The Labute approximate surface area is 90.9 Å². The Bertz CT molecular complexity index is 517. The zero-order valence-corrected chi connectivity index (χ0v) is 9.56. The van der Waals surface area contributed by atoms with Crippen molar-refractivity contribution in [3.8, 4) is 0 Å². The van der Waals surface area contributed by atoms with E-state index in [1.165, 1.54) is 6.07 Å². The van der Waals surface area contributed by atoms with Crippen molar-refractivity contribution in [3.05, 3.63) is 10.9 Å². The number of rotatable bonds is 1. The Balaban J connectivity index is 2.64. The van der Waals surface area contributed by atoms with Crippen LogP contribution in [0, 0.1) is 0 Å². The molecule has 0 saturated carbocycles. The topological polar surface area (TPSA) is 74.7 Å². The second-order valence-corrected chi connectivity index (χ2v) is 6.69. The van der Waals surface area contributed by atoms with Gasteiger partial charge in [-0.2, -0.15) is 0 Å². The third-order valence-electron chi connectivity index (χ3n) is 2.28. The predicted octanol–water partition coefficient (Wildman–Crippen LogP) is 0.670. The first-order valence-corrected chi connectivity index (χ1v) is 6.70. The molecule has 0 unspecified atom stereocenters. The SMILES string of the molecule is CN1CCS(=O)(=O)c2sc(C(=O)O)cc21. The highest BCUT2D eigenvalue weighted by Gasteiger charge is 2.30. The van der Waals surface area contributed by atoms with Gasteiger partial charge in [0.25, 0.3) is 0 Å². The van der Waals surface area contributed by atoms with Crippen LogP contribution in [0.1, 0.15) is 9.67 Å². The van der Waals surface area contributed by atoms with Gasteiger partial charge in [0.05, 0.1) is 11.4 Å². The van der Waals surface area contributed by atoms with Crippen molar-refractivity contribution < 1.29 is 18.3 Å². The number of thiophene rings is 1. The fourth-order valence-electron chi connectivity index (χ4n) is 1.43. The third kappa shape index (κ3) is 1.61. The molecule has 1 aromatic rings. The molecule has 7 heteroatoms. The molecule has 1 aliphatic rings. The fourth-order valence-corrected chi connectivity index (χ4v) is 4.47. The lowest BCUT2D eigenvalue weighted by Crippen LogP contribution is -2.30. The lowest BCUT2D eigenvalue weighted by molar-refractivity contribution is 0.0702. The van der Waals surface area contributed by atoms with Crippen molar-refractivity contribution >= 4 is 32.8 Å². The summed E-state index contributed by atoms with van der Waals surface area (Å²) in [7, 11) is -1.52. The smallest absolute Gasteiger partial charge is 0.345 e. The molecule has 0 fully saturated rings. The summed E-state index contributed by atoms with van der Waals surface area (Å²) in [6, 6.07) is 1.42. The molecule has 1 aromatic heterocycles. The van der Waals surface area contributed by atoms with E-state index >= 15 is 0 Å². The van der Waals surface area contributed by atoms with E-state index in [0.29, 0.717) is 12.2 Å². The quantitative estimate of drug-likeness (QED) is 0.789. The number of sulfone groups is 1. The minimum absolute atomic E-state index is 0.0517. The third-order valence-corrected chi connectivity index (χ3v) is 5.69. The van der Waals surface area contributed by atoms with Crippen LogP contribution in [0.3, 0.4) is 0 Å². The van der Waals surface area contributed by atoms with Crippen LogP contribution in [-0.4, -0.2) is 38.8 Å². The van der Waals surface area contributed by atoms with Gasteiger partial charge in [0.15, 0.2) is 9.84 Å². The average molecular weight is 247 g/mol. The molecule has 0 atom stereocenters. The first-order valence-electron chi connectivity index (χ1n) is 4.23. The maximum atomic E-state index is 11.6. The predicted molar refractivity (Wildman–Crippen MR) is 56.6 cm³/mol. The summed E-state index contributed by atoms with van der Waals surface area (Å²) in [5.41, 5.74) is 0.503. The lowest BCUT2D eigenvalue weighted by Gasteiger charge is -2.23. The highest BCUT2D eigenvalue weighted by atomic mass is 32.2. The van der Waals surface area contributed by atoms with Crippen molar-refractivity contribution in [2.24, 2.45) is 0 Å². The summed E-state index contributed by atoms with van der Waals surface area (Å²) < 4.78 is 23.5. The van der Waals surface area contributed by atoms with Crippen LogP contribution in [0.15, 0.2) is 10.3 Å². The second-order valence-electron chi connectivity index (χ2n) is 3.33. The van der Waals surface area contributed by atoms with Gasteiger partial charge in [-0.15, -0.1) is 11.3 Å². The van der Waals surface area contributed by atoms with Crippen LogP contribution in [0.25, 0.3) is 0 Å². The highest BCUT2D eigenvalue weighted by molar-refractivity contribution is 7.93. The number of hydrogen-bond donors (Lipinski definition) is 1. The van der Waals surface area contributed by atoms with E-state index in [0.717, 1.165) is 11.3 Å². The first kappa shape index (κ1) is 10.4. The van der Waals surface area contributed by atoms with E-state index in [1.54, 1.807) is 11.9 Å². The van der Waals surface area contributed by atoms with E-state index in [2.05, 4.69) is 0 Å². The minimum atomic E-state index is -3.27. The van der Waals surface area contributed by atoms with Crippen molar-refractivity contribution in [3.63, 3.8) is 0 Å². The van der Waals surface area contributed by atoms with E-state index in [-0.39, 0.29) is 14.8 Å². The maximum Gasteiger partial charge on any atom is 0.345 e. The summed E-state index contributed by atoms with van der Waals surface area (Å²) in [5, 5.41) is 8.79. The van der Waals surface area contributed by atoms with Crippen molar-refractivity contribution in [1.29, 1.82) is 0 Å². The number of fused-ring (bicyclic) bond motifs is 1. The van der Waals surface area contributed by atoms with E-state index < -0.39 is 15.8 Å². The van der Waals surface area contributed by atoms with Crippen molar-refractivity contribution in [2.45, 2.75) is 4.21 Å². The van der Waals surface area contributed by atoms with Gasteiger partial charge in [-0.05, 0) is 6.07 Å². The molecule has 0 saturated heterocycles. The number of aromatic carboxylic acids is 1. The lowest BCUT2D eigenvalue weighted by atomic mass is 10.4. The Morgan fingerprint density at radius 2 is 2.27 bits per heavy atom. The Morgan fingerprint density at radius 3 is 2.80 bits per heavy atom. The number of carboxylic acid groups (broad SMARTS) is 1. The van der Waals surface area contributed by atoms with E-state index in [1.807, 2.05) is 0 Å². The summed E-state index contributed by atoms with van der Waals surface area (Å²) in [5.74, 6) is -1.03. The molecule has 0 radical (unpaired) electrons. The van der Waals surface area contributed by atoms with E-state index in [9.17, 15) is 13.2 Å². The molecule has 0 aromatic carbocycles. The van der Waals surface area contributed by atoms with Crippen LogP contribution in [0.4, 0.5) is 5.69 Å². The van der Waals surface area contributed by atoms with Crippen LogP contribution >= 0.6 is 11.3 Å². The summed E-state index contributed by atoms with van der Waals surface area (Å²) in [6.07, 6.45) is 0. The first-order chi connectivity index (χ1) is 6.92. The molecule has 0 spiro atoms. The molecule has 15 heavy (non-hydrogen) atoms. The zero-order valence-electron chi connectivity index (χ0n) is 7.93. The maximum absolute atomic E-state index is 11.6. The number of anilines is 1. The molecule has 1 aliphatic heterocycles. The van der Waals surface area contributed by atoms with Crippen LogP contribution in [-0.2, 0) is 9.84 Å². The van der Waals surface area contributed by atoms with Gasteiger partial charge < -0.3 is 10.0 Å². The molecular weight excluding hydrogens is 238 g/mol. The van der Waals surface area contributed by atoms with Gasteiger partial charge in [-0.25, -0.2) is 13.2 Å².